The summed E-state index contributed by atoms with van der Waals surface area (Å²) >= 11 is 0. The molecule has 2 amide bonds. The zero-order valence-electron chi connectivity index (χ0n) is 13.1. The minimum atomic E-state index is -3.54. The molecule has 7 nitrogen and oxygen atoms in total. The topological polar surface area (TPSA) is 110 Å². The van der Waals surface area contributed by atoms with Gasteiger partial charge in [0, 0.05) is 31.6 Å². The van der Waals surface area contributed by atoms with Crippen molar-refractivity contribution >= 4 is 21.8 Å². The highest BCUT2D eigenvalue weighted by Crippen LogP contribution is 2.18. The van der Waals surface area contributed by atoms with Crippen LogP contribution < -0.4 is 10.5 Å². The first-order valence-corrected chi connectivity index (χ1v) is 9.28. The predicted octanol–water partition coefficient (Wildman–Crippen LogP) is 0.0826. The Labute approximate surface area is 140 Å². The van der Waals surface area contributed by atoms with Gasteiger partial charge in [0.15, 0.2) is 0 Å². The van der Waals surface area contributed by atoms with E-state index in [-0.39, 0.29) is 36.5 Å². The summed E-state index contributed by atoms with van der Waals surface area (Å²) in [6.45, 7) is 1.01. The minimum absolute atomic E-state index is 0.120. The predicted molar refractivity (Wildman–Crippen MR) is 86.0 cm³/mol. The van der Waals surface area contributed by atoms with Crippen LogP contribution in [0.4, 0.5) is 4.39 Å². The molecule has 1 aliphatic heterocycles. The van der Waals surface area contributed by atoms with Gasteiger partial charge in [-0.25, -0.2) is 17.9 Å². The summed E-state index contributed by atoms with van der Waals surface area (Å²) in [5.74, 6) is -1.22. The molecule has 132 valence electrons. The Morgan fingerprint density at radius 3 is 2.58 bits per heavy atom. The van der Waals surface area contributed by atoms with Crippen LogP contribution in [0.5, 0.6) is 0 Å². The maximum Gasteiger partial charge on any atom is 0.251 e. The molecule has 1 aromatic carbocycles. The highest BCUT2D eigenvalue weighted by Gasteiger charge is 2.28. The molecule has 0 radical (unpaired) electrons. The Hall–Kier alpha value is -2.00. The highest BCUT2D eigenvalue weighted by molar-refractivity contribution is 7.89. The number of carbonyl (C=O) groups is 2. The van der Waals surface area contributed by atoms with Crippen LogP contribution in [-0.4, -0.2) is 50.5 Å². The molecule has 0 spiro atoms. The molecule has 1 aromatic rings. The van der Waals surface area contributed by atoms with Crippen molar-refractivity contribution in [3.05, 3.63) is 35.6 Å². The number of nitrogens with zero attached hydrogens (tertiary/aromatic N) is 1. The lowest BCUT2D eigenvalue weighted by Gasteiger charge is -2.16. The number of hydrogen-bond acceptors (Lipinski definition) is 4. The summed E-state index contributed by atoms with van der Waals surface area (Å²) < 4.78 is 34.9. The fourth-order valence-electron chi connectivity index (χ4n) is 2.67. The first kappa shape index (κ1) is 18.3. The van der Waals surface area contributed by atoms with Gasteiger partial charge in [0.05, 0.1) is 5.75 Å². The zero-order chi connectivity index (χ0) is 17.7. The fraction of sp³-hybridized carbons (Fsp3) is 0.467. The van der Waals surface area contributed by atoms with Gasteiger partial charge in [0.2, 0.25) is 15.9 Å². The molecule has 1 saturated heterocycles. The van der Waals surface area contributed by atoms with Crippen LogP contribution in [0.1, 0.15) is 23.2 Å². The van der Waals surface area contributed by atoms with E-state index in [0.29, 0.717) is 25.1 Å². The van der Waals surface area contributed by atoms with Crippen molar-refractivity contribution in [2.45, 2.75) is 12.8 Å². The second-order valence-electron chi connectivity index (χ2n) is 5.84. The first-order valence-electron chi connectivity index (χ1n) is 7.56. The number of rotatable bonds is 6. The molecule has 0 unspecified atom stereocenters. The van der Waals surface area contributed by atoms with Crippen LogP contribution in [0, 0.1) is 11.7 Å². The summed E-state index contributed by atoms with van der Waals surface area (Å²) in [6.07, 6.45) is 0.721. The van der Waals surface area contributed by atoms with Gasteiger partial charge < -0.3 is 10.2 Å². The van der Waals surface area contributed by atoms with Gasteiger partial charge in [-0.15, -0.1) is 0 Å². The first-order chi connectivity index (χ1) is 11.2. The van der Waals surface area contributed by atoms with Crippen LogP contribution >= 0.6 is 0 Å². The molecule has 3 N–H and O–H groups in total. The summed E-state index contributed by atoms with van der Waals surface area (Å²) in [5.41, 5.74) is 0.318. The Balaban J connectivity index is 1.74. The minimum Gasteiger partial charge on any atom is -0.352 e. The zero-order valence-corrected chi connectivity index (χ0v) is 13.9. The smallest absolute Gasteiger partial charge is 0.251 e. The van der Waals surface area contributed by atoms with Crippen molar-refractivity contribution in [3.63, 3.8) is 0 Å². The molecular formula is C15H20FN3O4S. The number of likely N-dealkylation sites (tertiary alicyclic amines) is 1. The lowest BCUT2D eigenvalue weighted by atomic mass is 10.2. The van der Waals surface area contributed by atoms with Crippen LogP contribution in [-0.2, 0) is 14.8 Å². The normalized spacial score (nSPS) is 17.8. The van der Waals surface area contributed by atoms with Crippen molar-refractivity contribution in [3.8, 4) is 0 Å². The third kappa shape index (κ3) is 5.57. The lowest BCUT2D eigenvalue weighted by molar-refractivity contribution is -0.130. The van der Waals surface area contributed by atoms with E-state index < -0.39 is 15.8 Å². The van der Waals surface area contributed by atoms with E-state index in [2.05, 4.69) is 5.32 Å². The lowest BCUT2D eigenvalue weighted by Crippen LogP contribution is -2.34. The SMILES string of the molecule is NS(=O)(=O)C[C@@H]1CCN(C(=O)CCNC(=O)c2ccc(F)cc2)C1. The molecule has 0 aliphatic carbocycles. The standard InChI is InChI=1S/C15H20FN3O4S/c16-13-3-1-12(2-4-13)15(21)18-7-5-14(20)19-8-6-11(9-19)10-24(17,22)23/h1-4,11H,5-10H2,(H,18,21)(H2,17,22,23)/t11-/m1/s1. The van der Waals surface area contributed by atoms with Gasteiger partial charge in [-0.2, -0.15) is 0 Å². The maximum absolute atomic E-state index is 12.8. The summed E-state index contributed by atoms with van der Waals surface area (Å²) in [4.78, 5) is 25.5. The van der Waals surface area contributed by atoms with Crippen molar-refractivity contribution in [1.82, 2.24) is 10.2 Å². The van der Waals surface area contributed by atoms with E-state index in [1.165, 1.54) is 24.3 Å². The van der Waals surface area contributed by atoms with Gasteiger partial charge in [0.1, 0.15) is 5.82 Å². The van der Waals surface area contributed by atoms with Crippen LogP contribution in [0.15, 0.2) is 24.3 Å². The van der Waals surface area contributed by atoms with E-state index in [9.17, 15) is 22.4 Å². The Morgan fingerprint density at radius 1 is 1.29 bits per heavy atom. The average molecular weight is 357 g/mol. The summed E-state index contributed by atoms with van der Waals surface area (Å²) in [6, 6.07) is 5.11. The molecule has 1 heterocycles. The van der Waals surface area contributed by atoms with Crippen LogP contribution in [0.25, 0.3) is 0 Å². The molecular weight excluding hydrogens is 337 g/mol. The van der Waals surface area contributed by atoms with Crippen molar-refractivity contribution in [2.75, 3.05) is 25.4 Å². The van der Waals surface area contributed by atoms with E-state index in [1.807, 2.05) is 0 Å². The Kier molecular flexibility index (Phi) is 5.89. The molecule has 24 heavy (non-hydrogen) atoms. The van der Waals surface area contributed by atoms with Crippen molar-refractivity contribution in [2.24, 2.45) is 11.1 Å². The quantitative estimate of drug-likeness (QED) is 0.751. The number of halogens is 1. The van der Waals surface area contributed by atoms with E-state index >= 15 is 0 Å². The summed E-state index contributed by atoms with van der Waals surface area (Å²) in [5, 5.41) is 7.61. The Bertz CT molecular complexity index is 706. The Morgan fingerprint density at radius 2 is 1.96 bits per heavy atom. The number of nitrogens with two attached hydrogens (primary N) is 1. The number of nitrogens with one attached hydrogen (secondary N) is 1. The van der Waals surface area contributed by atoms with Crippen LogP contribution in [0.2, 0.25) is 0 Å². The number of carbonyl (C=O) groups excluding carboxylic acids is 2. The van der Waals surface area contributed by atoms with E-state index in [4.69, 9.17) is 5.14 Å². The van der Waals surface area contributed by atoms with E-state index in [0.717, 1.165) is 0 Å². The number of benzene rings is 1. The molecule has 1 fully saturated rings. The molecule has 0 bridgehead atoms. The second-order valence-corrected chi connectivity index (χ2v) is 7.50. The molecule has 2 rings (SSSR count). The second kappa shape index (κ2) is 7.71. The average Bonchev–Trinajstić information content (AvgIpc) is 2.94. The molecule has 1 atom stereocenters. The monoisotopic (exact) mass is 357 g/mol. The number of primary sulfonamides is 1. The van der Waals surface area contributed by atoms with Crippen molar-refractivity contribution in [1.29, 1.82) is 0 Å². The highest BCUT2D eigenvalue weighted by atomic mass is 32.2. The largest absolute Gasteiger partial charge is 0.352 e. The van der Waals surface area contributed by atoms with Crippen LogP contribution in [0.3, 0.4) is 0 Å². The maximum atomic E-state index is 12.8. The van der Waals surface area contributed by atoms with Gasteiger partial charge in [-0.3, -0.25) is 9.59 Å². The third-order valence-corrected chi connectivity index (χ3v) is 4.77. The summed E-state index contributed by atoms with van der Waals surface area (Å²) in [7, 11) is -3.54. The van der Waals surface area contributed by atoms with Gasteiger partial charge in [-0.1, -0.05) is 0 Å². The third-order valence-electron chi connectivity index (χ3n) is 3.84. The van der Waals surface area contributed by atoms with Gasteiger partial charge in [-0.05, 0) is 36.6 Å². The molecule has 1 aliphatic rings. The van der Waals surface area contributed by atoms with Gasteiger partial charge >= 0.3 is 0 Å². The van der Waals surface area contributed by atoms with Gasteiger partial charge in [0.25, 0.3) is 5.91 Å². The molecule has 0 saturated carbocycles. The molecule has 9 heteroatoms. The number of amides is 2. The number of hydrogen-bond donors (Lipinski definition) is 2. The van der Waals surface area contributed by atoms with E-state index in [1.54, 1.807) is 4.90 Å². The van der Waals surface area contributed by atoms with Crippen molar-refractivity contribution < 1.29 is 22.4 Å². The fourth-order valence-corrected chi connectivity index (χ4v) is 3.60. The molecule has 0 aromatic heterocycles. The number of sulfonamides is 1.